The van der Waals surface area contributed by atoms with E-state index in [1.54, 1.807) is 11.8 Å². The minimum absolute atomic E-state index is 0.0200. The number of carbonyl (C=O) groups is 2. The Morgan fingerprint density at radius 1 is 1.10 bits per heavy atom. The largest absolute Gasteiger partial charge is 0.480 e. The molecule has 1 fully saturated rings. The molecule has 2 aliphatic rings. The van der Waals surface area contributed by atoms with Crippen LogP contribution in [-0.2, 0) is 9.53 Å². The van der Waals surface area contributed by atoms with Crippen molar-refractivity contribution in [2.75, 3.05) is 18.1 Å². The summed E-state index contributed by atoms with van der Waals surface area (Å²) in [6.45, 7) is 2.26. The van der Waals surface area contributed by atoms with Gasteiger partial charge in [0.25, 0.3) is 0 Å². The van der Waals surface area contributed by atoms with E-state index in [4.69, 9.17) is 4.74 Å². The first-order valence-electron chi connectivity index (χ1n) is 10.6. The van der Waals surface area contributed by atoms with Gasteiger partial charge in [0.1, 0.15) is 12.6 Å². The summed E-state index contributed by atoms with van der Waals surface area (Å²) in [5, 5.41) is 9.75. The van der Waals surface area contributed by atoms with Crippen LogP contribution in [0, 0.1) is 0 Å². The molecule has 5 nitrogen and oxygen atoms in total. The summed E-state index contributed by atoms with van der Waals surface area (Å²) in [5.41, 5.74) is 4.65. The van der Waals surface area contributed by atoms with Crippen LogP contribution in [-0.4, -0.2) is 52.3 Å². The van der Waals surface area contributed by atoms with Crippen molar-refractivity contribution in [1.29, 1.82) is 0 Å². The maximum absolute atomic E-state index is 13.0. The second kappa shape index (κ2) is 9.13. The molecule has 1 amide bonds. The van der Waals surface area contributed by atoms with Gasteiger partial charge in [-0.15, -0.1) is 0 Å². The van der Waals surface area contributed by atoms with Crippen LogP contribution in [0.5, 0.6) is 0 Å². The molecule has 0 saturated heterocycles. The average molecular weight is 426 g/mol. The van der Waals surface area contributed by atoms with Gasteiger partial charge < -0.3 is 9.84 Å². The van der Waals surface area contributed by atoms with Crippen LogP contribution in [0.25, 0.3) is 11.1 Å². The number of hydrogen-bond donors (Lipinski definition) is 1. The topological polar surface area (TPSA) is 66.8 Å². The number of carboxylic acid groups (broad SMARTS) is 1. The van der Waals surface area contributed by atoms with Gasteiger partial charge in [0.05, 0.1) is 0 Å². The lowest BCUT2D eigenvalue weighted by atomic mass is 9.98. The van der Waals surface area contributed by atoms with Crippen LogP contribution in [0.2, 0.25) is 0 Å². The predicted molar refractivity (Wildman–Crippen MR) is 119 cm³/mol. The fourth-order valence-electron chi connectivity index (χ4n) is 4.27. The van der Waals surface area contributed by atoms with E-state index >= 15 is 0 Å². The highest BCUT2D eigenvalue weighted by molar-refractivity contribution is 7.99. The number of aliphatic carboxylic acids is 1. The molecule has 30 heavy (non-hydrogen) atoms. The third-order valence-electron chi connectivity index (χ3n) is 5.85. The molecule has 4 rings (SSSR count). The van der Waals surface area contributed by atoms with Gasteiger partial charge in [-0.25, -0.2) is 9.59 Å². The number of carbonyl (C=O) groups excluding carboxylic acids is 1. The fraction of sp³-hybridized carbons (Fsp3) is 0.417. The molecule has 2 aromatic rings. The summed E-state index contributed by atoms with van der Waals surface area (Å²) >= 11 is 1.69. The monoisotopic (exact) mass is 425 g/mol. The zero-order valence-electron chi connectivity index (χ0n) is 17.1. The van der Waals surface area contributed by atoms with E-state index in [-0.39, 0.29) is 18.6 Å². The van der Waals surface area contributed by atoms with Gasteiger partial charge in [0.2, 0.25) is 0 Å². The first-order chi connectivity index (χ1) is 14.6. The Bertz CT molecular complexity index is 881. The molecule has 2 aromatic carbocycles. The Hall–Kier alpha value is -2.47. The summed E-state index contributed by atoms with van der Waals surface area (Å²) < 4.78 is 5.76. The van der Waals surface area contributed by atoms with Gasteiger partial charge in [0.15, 0.2) is 0 Å². The second-order valence-corrected chi connectivity index (χ2v) is 9.18. The molecule has 0 spiro atoms. The van der Waals surface area contributed by atoms with E-state index in [0.29, 0.717) is 12.2 Å². The Morgan fingerprint density at radius 2 is 1.70 bits per heavy atom. The second-order valence-electron chi connectivity index (χ2n) is 7.78. The summed E-state index contributed by atoms with van der Waals surface area (Å²) in [4.78, 5) is 26.4. The number of rotatable bonds is 9. The van der Waals surface area contributed by atoms with Crippen LogP contribution >= 0.6 is 11.8 Å². The lowest BCUT2D eigenvalue weighted by Crippen LogP contribution is -2.47. The number of thioether (sulfide) groups is 1. The number of carboxylic acids is 1. The number of nitrogens with zero attached hydrogens (tertiary/aromatic N) is 1. The number of ether oxygens (including phenoxy) is 1. The van der Waals surface area contributed by atoms with Gasteiger partial charge in [0, 0.05) is 12.0 Å². The molecule has 1 atom stereocenters. The predicted octanol–water partition coefficient (Wildman–Crippen LogP) is 5.00. The average Bonchev–Trinajstić information content (AvgIpc) is 3.53. The van der Waals surface area contributed by atoms with Crippen LogP contribution in [0.15, 0.2) is 48.5 Å². The number of hydrogen-bond acceptors (Lipinski definition) is 4. The van der Waals surface area contributed by atoms with Crippen molar-refractivity contribution in [2.24, 2.45) is 0 Å². The van der Waals surface area contributed by atoms with E-state index in [2.05, 4.69) is 24.3 Å². The smallest absolute Gasteiger partial charge is 0.410 e. The Labute approximate surface area is 181 Å². The van der Waals surface area contributed by atoms with Crippen LogP contribution in [0.4, 0.5) is 4.79 Å². The van der Waals surface area contributed by atoms with Crippen LogP contribution in [0.3, 0.4) is 0 Å². The lowest BCUT2D eigenvalue weighted by Gasteiger charge is -2.29. The molecule has 6 heteroatoms. The van der Waals surface area contributed by atoms with E-state index in [1.165, 1.54) is 16.0 Å². The molecule has 0 bridgehead atoms. The Morgan fingerprint density at radius 3 is 2.23 bits per heavy atom. The summed E-state index contributed by atoms with van der Waals surface area (Å²) in [6.07, 6.45) is 1.62. The number of benzene rings is 2. The standard InChI is InChI=1S/C24H27NO4S/c1-2-30-14-13-22(23(26)27)25(16-11-12-16)24(28)29-15-21-19-9-5-3-7-17(19)18-8-4-6-10-20(18)21/h3-10,16,21-22H,2,11-15H2,1H3,(H,26,27). The molecule has 0 heterocycles. The van der Waals surface area contributed by atoms with Gasteiger partial charge in [-0.1, -0.05) is 55.5 Å². The van der Waals surface area contributed by atoms with Gasteiger partial charge >= 0.3 is 12.1 Å². The molecule has 0 aliphatic heterocycles. The zero-order valence-corrected chi connectivity index (χ0v) is 17.9. The van der Waals surface area contributed by atoms with Crippen molar-refractivity contribution in [3.8, 4) is 11.1 Å². The van der Waals surface area contributed by atoms with Crippen LogP contribution in [0.1, 0.15) is 43.2 Å². The normalized spacial score (nSPS) is 15.9. The lowest BCUT2D eigenvalue weighted by molar-refractivity contribution is -0.143. The Balaban J connectivity index is 1.50. The van der Waals surface area contributed by atoms with Crippen molar-refractivity contribution in [2.45, 2.75) is 44.2 Å². The maximum Gasteiger partial charge on any atom is 0.410 e. The van der Waals surface area contributed by atoms with Crippen molar-refractivity contribution < 1.29 is 19.4 Å². The molecule has 0 aromatic heterocycles. The molecular formula is C24H27NO4S. The first-order valence-corrected chi connectivity index (χ1v) is 11.7. The van der Waals surface area contributed by atoms with E-state index in [0.717, 1.165) is 29.7 Å². The van der Waals surface area contributed by atoms with Crippen molar-refractivity contribution in [1.82, 2.24) is 4.90 Å². The summed E-state index contributed by atoms with van der Waals surface area (Å²) in [7, 11) is 0. The van der Waals surface area contributed by atoms with Crippen molar-refractivity contribution in [3.05, 3.63) is 59.7 Å². The molecule has 1 unspecified atom stereocenters. The molecular weight excluding hydrogens is 398 g/mol. The van der Waals surface area contributed by atoms with Crippen molar-refractivity contribution >= 4 is 23.8 Å². The molecule has 2 aliphatic carbocycles. The van der Waals surface area contributed by atoms with Crippen LogP contribution < -0.4 is 0 Å². The molecule has 1 N–H and O–H groups in total. The van der Waals surface area contributed by atoms with E-state index in [9.17, 15) is 14.7 Å². The number of amides is 1. The zero-order chi connectivity index (χ0) is 21.1. The van der Waals surface area contributed by atoms with Gasteiger partial charge in [-0.3, -0.25) is 4.90 Å². The maximum atomic E-state index is 13.0. The molecule has 0 radical (unpaired) electrons. The first kappa shape index (κ1) is 20.8. The van der Waals surface area contributed by atoms with Gasteiger partial charge in [-0.05, 0) is 53.0 Å². The molecule has 1 saturated carbocycles. The van der Waals surface area contributed by atoms with E-state index < -0.39 is 18.1 Å². The quantitative estimate of drug-likeness (QED) is 0.573. The minimum atomic E-state index is -0.952. The highest BCUT2D eigenvalue weighted by Gasteiger charge is 2.42. The highest BCUT2D eigenvalue weighted by atomic mass is 32.2. The Kier molecular flexibility index (Phi) is 6.32. The minimum Gasteiger partial charge on any atom is -0.480 e. The SMILES string of the molecule is CCSCCC(C(=O)O)N(C(=O)OCC1c2ccccc2-c2ccccc21)C1CC1. The third kappa shape index (κ3) is 4.19. The van der Waals surface area contributed by atoms with Crippen molar-refractivity contribution in [3.63, 3.8) is 0 Å². The summed E-state index contributed by atoms with van der Waals surface area (Å²) in [5.74, 6) is 0.669. The van der Waals surface area contributed by atoms with Gasteiger partial charge in [-0.2, -0.15) is 11.8 Å². The highest BCUT2D eigenvalue weighted by Crippen LogP contribution is 2.44. The molecule has 158 valence electrons. The fourth-order valence-corrected chi connectivity index (χ4v) is 4.95. The number of fused-ring (bicyclic) bond motifs is 3. The third-order valence-corrected chi connectivity index (χ3v) is 6.78. The van der Waals surface area contributed by atoms with E-state index in [1.807, 2.05) is 31.2 Å². The summed E-state index contributed by atoms with van der Waals surface area (Å²) in [6, 6.07) is 15.5.